The van der Waals surface area contributed by atoms with E-state index in [0.29, 0.717) is 0 Å². The molecule has 0 aromatic heterocycles. The molecule has 74 valence electrons. The Morgan fingerprint density at radius 3 is 2.54 bits per heavy atom. The van der Waals surface area contributed by atoms with Crippen LogP contribution in [0, 0.1) is 0 Å². The Balaban J connectivity index is 1.72. The Bertz CT molecular complexity index is 186. The van der Waals surface area contributed by atoms with Crippen molar-refractivity contribution in [1.29, 1.82) is 0 Å². The molecule has 2 saturated heterocycles. The smallest absolute Gasteiger partial charge is 0.410 e. The number of hydrogen-bond donors (Lipinski definition) is 1. The summed E-state index contributed by atoms with van der Waals surface area (Å²) in [6, 6.07) is 0. The first-order valence-corrected chi connectivity index (χ1v) is 5.02. The number of carbonyl (C=O) groups is 1. The Hall–Kier alpha value is -0.770. The fourth-order valence-electron chi connectivity index (χ4n) is 1.63. The minimum absolute atomic E-state index is 0.113. The van der Waals surface area contributed by atoms with Gasteiger partial charge in [-0.05, 0) is 32.4 Å². The van der Waals surface area contributed by atoms with E-state index >= 15 is 0 Å². The molecule has 0 unspecified atom stereocenters. The molecule has 0 spiro atoms. The van der Waals surface area contributed by atoms with Crippen molar-refractivity contribution < 1.29 is 9.53 Å². The average Bonchev–Trinajstić information content (AvgIpc) is 2.02. The van der Waals surface area contributed by atoms with Crippen molar-refractivity contribution in [3.63, 3.8) is 0 Å². The Labute approximate surface area is 78.2 Å². The second-order valence-electron chi connectivity index (χ2n) is 3.67. The zero-order chi connectivity index (χ0) is 9.10. The summed E-state index contributed by atoms with van der Waals surface area (Å²) < 4.78 is 5.34. The van der Waals surface area contributed by atoms with Gasteiger partial charge in [0.25, 0.3) is 0 Å². The predicted octanol–water partition coefficient (Wildman–Crippen LogP) is 0.581. The van der Waals surface area contributed by atoms with Crippen LogP contribution in [0.15, 0.2) is 0 Å². The summed E-state index contributed by atoms with van der Waals surface area (Å²) in [5, 5.41) is 3.24. The molecule has 1 N–H and O–H groups in total. The molecule has 0 bridgehead atoms. The van der Waals surface area contributed by atoms with Gasteiger partial charge in [-0.3, -0.25) is 0 Å². The highest BCUT2D eigenvalue weighted by Crippen LogP contribution is 2.13. The molecule has 13 heavy (non-hydrogen) atoms. The van der Waals surface area contributed by atoms with Crippen LogP contribution in [0.2, 0.25) is 0 Å². The van der Waals surface area contributed by atoms with Crippen LogP contribution in [0.1, 0.15) is 19.3 Å². The number of nitrogens with one attached hydrogen (secondary N) is 1. The third-order valence-electron chi connectivity index (χ3n) is 2.67. The van der Waals surface area contributed by atoms with Crippen LogP contribution in [-0.2, 0) is 4.74 Å². The average molecular weight is 184 g/mol. The van der Waals surface area contributed by atoms with Crippen LogP contribution in [0.5, 0.6) is 0 Å². The number of rotatable bonds is 1. The quantitative estimate of drug-likeness (QED) is 0.648. The van der Waals surface area contributed by atoms with E-state index in [1.807, 2.05) is 0 Å². The van der Waals surface area contributed by atoms with Crippen LogP contribution in [0.4, 0.5) is 4.79 Å². The Morgan fingerprint density at radius 1 is 1.31 bits per heavy atom. The minimum Gasteiger partial charge on any atom is -0.446 e. The lowest BCUT2D eigenvalue weighted by Crippen LogP contribution is -2.45. The van der Waals surface area contributed by atoms with Crippen molar-refractivity contribution in [3.8, 4) is 0 Å². The normalized spacial score (nSPS) is 23.8. The zero-order valence-corrected chi connectivity index (χ0v) is 7.79. The van der Waals surface area contributed by atoms with Crippen LogP contribution in [0.3, 0.4) is 0 Å². The van der Waals surface area contributed by atoms with Crippen molar-refractivity contribution in [1.82, 2.24) is 10.2 Å². The summed E-state index contributed by atoms with van der Waals surface area (Å²) in [4.78, 5) is 13.1. The highest BCUT2D eigenvalue weighted by atomic mass is 16.6. The monoisotopic (exact) mass is 184 g/mol. The van der Waals surface area contributed by atoms with Gasteiger partial charge in [-0.15, -0.1) is 0 Å². The van der Waals surface area contributed by atoms with Gasteiger partial charge in [0.15, 0.2) is 0 Å². The fraction of sp³-hybridized carbons (Fsp3) is 0.889. The third kappa shape index (κ3) is 2.12. The van der Waals surface area contributed by atoms with E-state index in [2.05, 4.69) is 5.32 Å². The van der Waals surface area contributed by atoms with Gasteiger partial charge >= 0.3 is 6.09 Å². The molecule has 2 aliphatic rings. The number of carbonyl (C=O) groups excluding carboxylic acids is 1. The third-order valence-corrected chi connectivity index (χ3v) is 2.67. The predicted molar refractivity (Wildman–Crippen MR) is 48.6 cm³/mol. The summed E-state index contributed by atoms with van der Waals surface area (Å²) in [5.74, 6) is 0. The maximum absolute atomic E-state index is 11.4. The van der Waals surface area contributed by atoms with Gasteiger partial charge < -0.3 is 15.0 Å². The summed E-state index contributed by atoms with van der Waals surface area (Å²) in [5.41, 5.74) is 0. The van der Waals surface area contributed by atoms with E-state index < -0.39 is 0 Å². The SMILES string of the molecule is O=C(OC1CCNCC1)N1CCC1. The van der Waals surface area contributed by atoms with Gasteiger partial charge in [0.05, 0.1) is 0 Å². The summed E-state index contributed by atoms with van der Waals surface area (Å²) in [6.45, 7) is 3.70. The van der Waals surface area contributed by atoms with Gasteiger partial charge in [0, 0.05) is 13.1 Å². The highest BCUT2D eigenvalue weighted by molar-refractivity contribution is 5.68. The largest absolute Gasteiger partial charge is 0.446 e. The van der Waals surface area contributed by atoms with Crippen molar-refractivity contribution in [3.05, 3.63) is 0 Å². The zero-order valence-electron chi connectivity index (χ0n) is 7.79. The van der Waals surface area contributed by atoms with E-state index in [1.54, 1.807) is 4.90 Å². The molecule has 0 radical (unpaired) electrons. The first-order valence-electron chi connectivity index (χ1n) is 5.02. The first-order chi connectivity index (χ1) is 6.36. The molecular formula is C9H16N2O2. The van der Waals surface area contributed by atoms with E-state index in [4.69, 9.17) is 4.74 Å². The molecule has 4 nitrogen and oxygen atoms in total. The number of amides is 1. The lowest BCUT2D eigenvalue weighted by molar-refractivity contribution is 0.0351. The second kappa shape index (κ2) is 3.96. The molecule has 2 aliphatic heterocycles. The molecule has 1 amide bonds. The molecular weight excluding hydrogens is 168 g/mol. The molecule has 0 aliphatic carbocycles. The molecule has 0 aromatic carbocycles. The van der Waals surface area contributed by atoms with Gasteiger partial charge in [0.1, 0.15) is 6.10 Å². The number of ether oxygens (including phenoxy) is 1. The van der Waals surface area contributed by atoms with Crippen LogP contribution < -0.4 is 5.32 Å². The Morgan fingerprint density at radius 2 is 2.00 bits per heavy atom. The summed E-state index contributed by atoms with van der Waals surface area (Å²) in [7, 11) is 0. The van der Waals surface area contributed by atoms with Gasteiger partial charge in [0.2, 0.25) is 0 Å². The first kappa shape index (κ1) is 8.81. The summed E-state index contributed by atoms with van der Waals surface area (Å²) in [6.07, 6.45) is 3.08. The van der Waals surface area contributed by atoms with E-state index in [1.165, 1.54) is 0 Å². The highest BCUT2D eigenvalue weighted by Gasteiger charge is 2.25. The second-order valence-corrected chi connectivity index (χ2v) is 3.67. The minimum atomic E-state index is -0.113. The van der Waals surface area contributed by atoms with Crippen molar-refractivity contribution >= 4 is 6.09 Å². The molecule has 2 heterocycles. The number of piperidine rings is 1. The van der Waals surface area contributed by atoms with Crippen LogP contribution in [-0.4, -0.2) is 43.3 Å². The van der Waals surface area contributed by atoms with E-state index in [9.17, 15) is 4.79 Å². The number of hydrogen-bond acceptors (Lipinski definition) is 3. The molecule has 2 rings (SSSR count). The summed E-state index contributed by atoms with van der Waals surface area (Å²) >= 11 is 0. The molecule has 4 heteroatoms. The molecule has 0 atom stereocenters. The van der Waals surface area contributed by atoms with Gasteiger partial charge in [-0.2, -0.15) is 0 Å². The maximum Gasteiger partial charge on any atom is 0.410 e. The van der Waals surface area contributed by atoms with Crippen molar-refractivity contribution in [2.45, 2.75) is 25.4 Å². The maximum atomic E-state index is 11.4. The van der Waals surface area contributed by atoms with E-state index in [-0.39, 0.29) is 12.2 Å². The molecule has 0 aromatic rings. The number of nitrogens with zero attached hydrogens (tertiary/aromatic N) is 1. The Kier molecular flexibility index (Phi) is 2.68. The lowest BCUT2D eigenvalue weighted by Gasteiger charge is -2.32. The van der Waals surface area contributed by atoms with Crippen molar-refractivity contribution in [2.75, 3.05) is 26.2 Å². The van der Waals surface area contributed by atoms with Crippen LogP contribution in [0.25, 0.3) is 0 Å². The fourth-order valence-corrected chi connectivity index (χ4v) is 1.63. The van der Waals surface area contributed by atoms with Gasteiger partial charge in [-0.1, -0.05) is 0 Å². The molecule has 2 fully saturated rings. The van der Waals surface area contributed by atoms with Gasteiger partial charge in [-0.25, -0.2) is 4.79 Å². The molecule has 0 saturated carbocycles. The standard InChI is InChI=1S/C9H16N2O2/c12-9(11-6-1-7-11)13-8-2-4-10-5-3-8/h8,10H,1-7H2. The van der Waals surface area contributed by atoms with E-state index in [0.717, 1.165) is 45.4 Å². The lowest BCUT2D eigenvalue weighted by atomic mass is 10.1. The van der Waals surface area contributed by atoms with Crippen LogP contribution >= 0.6 is 0 Å². The topological polar surface area (TPSA) is 41.6 Å². The number of likely N-dealkylation sites (tertiary alicyclic amines) is 1. The van der Waals surface area contributed by atoms with Crippen molar-refractivity contribution in [2.24, 2.45) is 0 Å².